The standard InChI is InChI=1S/C23H21N3O2S/c1-2-5-20-17(4-1)25-23(28-20)15-7-8-19-18(14-15)24-22(21-6-3-13-29-21)26(19)16-9-11-27-12-10-16/h1,3-4,6-8,13-14,16H,2,5,9-12H2. The molecule has 0 unspecified atom stereocenters. The van der Waals surface area contributed by atoms with Gasteiger partial charge in [-0.05, 0) is 55.0 Å². The normalized spacial score (nSPS) is 17.1. The van der Waals surface area contributed by atoms with Gasteiger partial charge in [-0.1, -0.05) is 12.1 Å². The molecule has 0 radical (unpaired) electrons. The fraction of sp³-hybridized carbons (Fsp3) is 0.304. The zero-order valence-electron chi connectivity index (χ0n) is 16.0. The van der Waals surface area contributed by atoms with Gasteiger partial charge in [0.05, 0.1) is 15.9 Å². The highest BCUT2D eigenvalue weighted by atomic mass is 32.1. The zero-order chi connectivity index (χ0) is 19.2. The number of benzene rings is 1. The smallest absolute Gasteiger partial charge is 0.226 e. The molecule has 6 rings (SSSR count). The molecule has 0 N–H and O–H groups in total. The molecule has 146 valence electrons. The highest BCUT2D eigenvalue weighted by Gasteiger charge is 2.24. The van der Waals surface area contributed by atoms with Crippen molar-refractivity contribution in [2.24, 2.45) is 0 Å². The van der Waals surface area contributed by atoms with Gasteiger partial charge in [0, 0.05) is 31.2 Å². The SMILES string of the molecule is C1=Cc2nc(-c3ccc4c(c3)nc(-c3cccs3)n4C3CCOCC3)oc2CC1. The van der Waals surface area contributed by atoms with Crippen LogP contribution >= 0.6 is 11.3 Å². The second-order valence-corrected chi connectivity index (χ2v) is 8.55. The number of ether oxygens (including phenoxy) is 1. The van der Waals surface area contributed by atoms with E-state index in [9.17, 15) is 0 Å². The summed E-state index contributed by atoms with van der Waals surface area (Å²) >= 11 is 1.74. The predicted molar refractivity (Wildman–Crippen MR) is 115 cm³/mol. The number of aryl methyl sites for hydroxylation is 1. The van der Waals surface area contributed by atoms with Crippen LogP contribution in [0.2, 0.25) is 0 Å². The summed E-state index contributed by atoms with van der Waals surface area (Å²) < 4.78 is 14.1. The molecule has 4 heterocycles. The maximum Gasteiger partial charge on any atom is 0.226 e. The number of hydrogen-bond donors (Lipinski definition) is 0. The van der Waals surface area contributed by atoms with E-state index >= 15 is 0 Å². The van der Waals surface area contributed by atoms with E-state index in [1.165, 1.54) is 10.4 Å². The number of allylic oxidation sites excluding steroid dienone is 1. The summed E-state index contributed by atoms with van der Waals surface area (Å²) in [7, 11) is 0. The van der Waals surface area contributed by atoms with Gasteiger partial charge in [0.1, 0.15) is 11.5 Å². The van der Waals surface area contributed by atoms with Crippen LogP contribution in [0.3, 0.4) is 0 Å². The lowest BCUT2D eigenvalue weighted by atomic mass is 10.1. The molecule has 2 aliphatic rings. The molecule has 0 amide bonds. The summed E-state index contributed by atoms with van der Waals surface area (Å²) in [4.78, 5) is 10.9. The van der Waals surface area contributed by atoms with Gasteiger partial charge in [-0.15, -0.1) is 11.3 Å². The number of fused-ring (bicyclic) bond motifs is 2. The van der Waals surface area contributed by atoms with Crippen LogP contribution in [-0.4, -0.2) is 27.7 Å². The molecule has 29 heavy (non-hydrogen) atoms. The van der Waals surface area contributed by atoms with Gasteiger partial charge in [-0.2, -0.15) is 0 Å². The summed E-state index contributed by atoms with van der Waals surface area (Å²) in [5.74, 6) is 2.71. The molecule has 1 aromatic carbocycles. The third-order valence-electron chi connectivity index (χ3n) is 5.78. The van der Waals surface area contributed by atoms with Crippen LogP contribution < -0.4 is 0 Å². The summed E-state index contributed by atoms with van der Waals surface area (Å²) in [6.45, 7) is 1.61. The van der Waals surface area contributed by atoms with E-state index in [0.717, 1.165) is 67.3 Å². The minimum Gasteiger partial charge on any atom is -0.441 e. The quantitative estimate of drug-likeness (QED) is 0.438. The van der Waals surface area contributed by atoms with Crippen molar-refractivity contribution < 1.29 is 9.15 Å². The van der Waals surface area contributed by atoms with Gasteiger partial charge in [-0.25, -0.2) is 9.97 Å². The van der Waals surface area contributed by atoms with E-state index in [1.807, 2.05) is 0 Å². The molecular weight excluding hydrogens is 382 g/mol. The van der Waals surface area contributed by atoms with Crippen molar-refractivity contribution in [3.63, 3.8) is 0 Å². The molecule has 0 bridgehead atoms. The maximum absolute atomic E-state index is 6.06. The average Bonchev–Trinajstić information content (AvgIpc) is 3.51. The lowest BCUT2D eigenvalue weighted by molar-refractivity contribution is 0.0710. The maximum atomic E-state index is 6.06. The number of oxazole rings is 1. The lowest BCUT2D eigenvalue weighted by Gasteiger charge is -2.25. The van der Waals surface area contributed by atoms with Crippen molar-refractivity contribution in [3.05, 3.63) is 53.2 Å². The Morgan fingerprint density at radius 3 is 2.86 bits per heavy atom. The summed E-state index contributed by atoms with van der Waals surface area (Å²) in [6.07, 6.45) is 8.18. The first-order valence-electron chi connectivity index (χ1n) is 10.2. The molecule has 1 aliphatic carbocycles. The molecule has 0 atom stereocenters. The molecule has 5 nitrogen and oxygen atoms in total. The Balaban J connectivity index is 1.49. The lowest BCUT2D eigenvalue weighted by Crippen LogP contribution is -2.20. The Morgan fingerprint density at radius 2 is 2.03 bits per heavy atom. The number of thiophene rings is 1. The molecular formula is C23H21N3O2S. The van der Waals surface area contributed by atoms with E-state index < -0.39 is 0 Å². The van der Waals surface area contributed by atoms with Crippen LogP contribution in [0, 0.1) is 0 Å². The molecule has 1 fully saturated rings. The minimum atomic E-state index is 0.413. The molecule has 1 aliphatic heterocycles. The van der Waals surface area contributed by atoms with E-state index in [1.54, 1.807) is 11.3 Å². The van der Waals surface area contributed by atoms with Crippen LogP contribution in [-0.2, 0) is 11.2 Å². The number of hydrogen-bond acceptors (Lipinski definition) is 5. The number of aromatic nitrogens is 3. The van der Waals surface area contributed by atoms with Gasteiger partial charge >= 0.3 is 0 Å². The third kappa shape index (κ3) is 2.94. The first-order chi connectivity index (χ1) is 14.4. The Hall–Kier alpha value is -2.70. The largest absolute Gasteiger partial charge is 0.441 e. The summed E-state index contributed by atoms with van der Waals surface area (Å²) in [6, 6.07) is 11.0. The van der Waals surface area contributed by atoms with Gasteiger partial charge in [0.2, 0.25) is 5.89 Å². The Bertz CT molecular complexity index is 1200. The van der Waals surface area contributed by atoms with Crippen LogP contribution in [0.15, 0.2) is 46.2 Å². The second kappa shape index (κ2) is 6.97. The van der Waals surface area contributed by atoms with Gasteiger partial charge in [0.25, 0.3) is 0 Å². The van der Waals surface area contributed by atoms with Crippen molar-refractivity contribution >= 4 is 28.4 Å². The second-order valence-electron chi connectivity index (χ2n) is 7.60. The number of imidazole rings is 1. The third-order valence-corrected chi connectivity index (χ3v) is 6.64. The van der Waals surface area contributed by atoms with Gasteiger partial charge in [0.15, 0.2) is 5.82 Å². The molecule has 4 aromatic rings. The topological polar surface area (TPSA) is 53.1 Å². The fourth-order valence-electron chi connectivity index (χ4n) is 4.33. The predicted octanol–water partition coefficient (Wildman–Crippen LogP) is 5.73. The summed E-state index contributed by atoms with van der Waals surface area (Å²) in [5, 5.41) is 2.11. The van der Waals surface area contributed by atoms with E-state index in [2.05, 4.69) is 52.4 Å². The summed E-state index contributed by atoms with van der Waals surface area (Å²) in [5.41, 5.74) is 4.09. The Kier molecular flexibility index (Phi) is 4.13. The average molecular weight is 404 g/mol. The minimum absolute atomic E-state index is 0.413. The first kappa shape index (κ1) is 17.2. The van der Waals surface area contributed by atoms with Crippen LogP contribution in [0.25, 0.3) is 39.3 Å². The first-order valence-corrected chi connectivity index (χ1v) is 11.0. The Labute approximate surface area is 172 Å². The van der Waals surface area contributed by atoms with E-state index in [4.69, 9.17) is 19.1 Å². The monoisotopic (exact) mass is 403 g/mol. The van der Waals surface area contributed by atoms with Gasteiger partial charge < -0.3 is 13.7 Å². The molecule has 1 saturated heterocycles. The highest BCUT2D eigenvalue weighted by molar-refractivity contribution is 7.13. The molecule has 3 aromatic heterocycles. The van der Waals surface area contributed by atoms with Crippen LogP contribution in [0.1, 0.15) is 36.8 Å². The van der Waals surface area contributed by atoms with Crippen molar-refractivity contribution in [1.82, 2.24) is 14.5 Å². The zero-order valence-corrected chi connectivity index (χ0v) is 16.8. The van der Waals surface area contributed by atoms with Crippen LogP contribution in [0.5, 0.6) is 0 Å². The van der Waals surface area contributed by atoms with E-state index in [0.29, 0.717) is 11.9 Å². The molecule has 6 heteroatoms. The van der Waals surface area contributed by atoms with Crippen molar-refractivity contribution in [2.75, 3.05) is 13.2 Å². The van der Waals surface area contributed by atoms with Crippen LogP contribution in [0.4, 0.5) is 0 Å². The van der Waals surface area contributed by atoms with E-state index in [-0.39, 0.29) is 0 Å². The van der Waals surface area contributed by atoms with Crippen molar-refractivity contribution in [1.29, 1.82) is 0 Å². The number of rotatable bonds is 3. The van der Waals surface area contributed by atoms with Gasteiger partial charge in [-0.3, -0.25) is 0 Å². The van der Waals surface area contributed by atoms with Crippen molar-refractivity contribution in [3.8, 4) is 22.2 Å². The fourth-order valence-corrected chi connectivity index (χ4v) is 5.04. The molecule has 0 saturated carbocycles. The Morgan fingerprint density at radius 1 is 1.10 bits per heavy atom. The number of nitrogens with zero attached hydrogens (tertiary/aromatic N) is 3. The molecule has 0 spiro atoms. The highest BCUT2D eigenvalue weighted by Crippen LogP contribution is 2.36. The van der Waals surface area contributed by atoms with Crippen molar-refractivity contribution in [2.45, 2.75) is 31.7 Å².